The van der Waals surface area contributed by atoms with Gasteiger partial charge < -0.3 is 4.74 Å². The lowest BCUT2D eigenvalue weighted by Crippen LogP contribution is -2.28. The van der Waals surface area contributed by atoms with Gasteiger partial charge in [-0.25, -0.2) is 0 Å². The lowest BCUT2D eigenvalue weighted by molar-refractivity contribution is -0.0366. The van der Waals surface area contributed by atoms with E-state index in [-0.39, 0.29) is 11.5 Å². The summed E-state index contributed by atoms with van der Waals surface area (Å²) in [7, 11) is 0. The Bertz CT molecular complexity index is 637. The summed E-state index contributed by atoms with van der Waals surface area (Å²) < 4.78 is 6.95. The van der Waals surface area contributed by atoms with Gasteiger partial charge in [0.05, 0.1) is 25.0 Å². The molecule has 0 aromatic rings. The van der Waals surface area contributed by atoms with Crippen LogP contribution < -0.4 is 0 Å². The van der Waals surface area contributed by atoms with E-state index in [1.807, 2.05) is 6.08 Å². The van der Waals surface area contributed by atoms with Crippen molar-refractivity contribution in [2.45, 2.75) is 170 Å². The van der Waals surface area contributed by atoms with Crippen molar-refractivity contribution in [1.82, 2.24) is 0 Å². The molecule has 0 N–H and O–H groups in total. The number of hydrogen-bond acceptors (Lipinski definition) is 1. The van der Waals surface area contributed by atoms with Crippen LogP contribution in [-0.2, 0) is 4.74 Å². The van der Waals surface area contributed by atoms with Crippen molar-refractivity contribution in [3.05, 3.63) is 42.4 Å². The molecule has 0 aliphatic heterocycles. The summed E-state index contributed by atoms with van der Waals surface area (Å²) in [5, 5.41) is 0. The van der Waals surface area contributed by atoms with Crippen molar-refractivity contribution in [2.75, 3.05) is 0 Å². The Labute approximate surface area is 234 Å². The van der Waals surface area contributed by atoms with Gasteiger partial charge in [-0.2, -0.15) is 0 Å². The van der Waals surface area contributed by atoms with Crippen molar-refractivity contribution >= 4 is 0 Å². The molecule has 0 aromatic heterocycles. The fourth-order valence-corrected chi connectivity index (χ4v) is 6.13. The number of unbranched alkanes of at least 4 members (excludes halogenated alkanes) is 1. The molecular weight excluding hydrogens is 448 g/mol. The summed E-state index contributed by atoms with van der Waals surface area (Å²) >= 11 is 0. The fourth-order valence-electron chi connectivity index (χ4n) is 6.13. The topological polar surface area (TPSA) is 9.23 Å². The van der Waals surface area contributed by atoms with Crippen LogP contribution in [0.2, 0.25) is 0 Å². The van der Waals surface area contributed by atoms with E-state index in [1.165, 1.54) is 95.5 Å². The number of rotatable bonds is 22. The average molecular weight is 514 g/mol. The van der Waals surface area contributed by atoms with Gasteiger partial charge in [0.1, 0.15) is 5.41 Å². The highest BCUT2D eigenvalue weighted by Crippen LogP contribution is 2.34. The number of hydrogen-bond donors (Lipinski definition) is 0. The van der Waals surface area contributed by atoms with E-state index in [0.29, 0.717) is 6.10 Å². The van der Waals surface area contributed by atoms with E-state index in [1.54, 1.807) is 5.57 Å². The summed E-state index contributed by atoms with van der Waals surface area (Å²) in [6.07, 6.45) is 31.5. The quantitative estimate of drug-likeness (QED) is 0.0605. The van der Waals surface area contributed by atoms with Gasteiger partial charge in [0.25, 0.3) is 0 Å². The van der Waals surface area contributed by atoms with Crippen LogP contribution in [0.25, 0.3) is 0 Å². The lowest BCUT2D eigenvalue weighted by atomic mass is 9.80. The fraction of sp³-hybridized carbons (Fsp3) is 0.806. The molecule has 0 spiro atoms. The Kier molecular flexibility index (Phi) is 18.4. The molecule has 0 bridgehead atoms. The number of allylic oxidation sites excluding steroid dienone is 4. The van der Waals surface area contributed by atoms with Crippen LogP contribution in [0, 0.1) is 23.7 Å². The summed E-state index contributed by atoms with van der Waals surface area (Å²) in [6, 6.07) is 0. The van der Waals surface area contributed by atoms with E-state index in [2.05, 4.69) is 73.6 Å². The highest BCUT2D eigenvalue weighted by atomic mass is 16.5. The second-order valence-electron chi connectivity index (χ2n) is 12.9. The predicted molar refractivity (Wildman–Crippen MR) is 167 cm³/mol. The van der Waals surface area contributed by atoms with Crippen LogP contribution in [0.1, 0.15) is 158 Å². The van der Waals surface area contributed by atoms with Gasteiger partial charge in [0, 0.05) is 12.8 Å². The molecule has 0 aromatic carbocycles. The second-order valence-corrected chi connectivity index (χ2v) is 12.9. The summed E-state index contributed by atoms with van der Waals surface area (Å²) in [5.41, 5.74) is 3.23. The van der Waals surface area contributed by atoms with Gasteiger partial charge in [-0.1, -0.05) is 109 Å². The molecule has 1 heteroatoms. The Balaban J connectivity index is 2.72. The van der Waals surface area contributed by atoms with Crippen LogP contribution in [0.4, 0.5) is 0 Å². The molecule has 0 fully saturated rings. The third-order valence-electron chi connectivity index (χ3n) is 8.56. The Morgan fingerprint density at radius 3 is 2.35 bits per heavy atom. The zero-order valence-corrected chi connectivity index (χ0v) is 26.3. The molecule has 0 amide bonds. The van der Waals surface area contributed by atoms with Gasteiger partial charge in [0.2, 0.25) is 0 Å². The molecule has 1 rings (SSSR count). The summed E-state index contributed by atoms with van der Waals surface area (Å²) in [4.78, 5) is 0. The van der Waals surface area contributed by atoms with Gasteiger partial charge in [-0.3, -0.25) is 0 Å². The maximum atomic E-state index is 6.95. The third kappa shape index (κ3) is 15.9. The van der Waals surface area contributed by atoms with Crippen molar-refractivity contribution < 1.29 is 4.74 Å². The standard InChI is InChI=1S/C36H65O/c1-9-19-33(30(5)6)24-16-17-25-34(20-10-2)37-35(27-26-31(11-3)12-4)29-36(7,8)28-18-23-32-21-14-13-15-22-32/h11,21,26,28,30,33-35H,3,9-10,12-20,22-25,27,29H2,1-2,4-8H3/q+1/b31-26+. The van der Waals surface area contributed by atoms with Gasteiger partial charge in [-0.05, 0) is 77.0 Å². The Morgan fingerprint density at radius 2 is 1.76 bits per heavy atom. The number of ether oxygens (including phenoxy) is 1. The Morgan fingerprint density at radius 1 is 1.03 bits per heavy atom. The summed E-state index contributed by atoms with van der Waals surface area (Å²) in [5.74, 6) is 1.70. The second kappa shape index (κ2) is 20.0. The minimum Gasteiger partial charge on any atom is -0.374 e. The molecule has 37 heavy (non-hydrogen) atoms. The zero-order valence-electron chi connectivity index (χ0n) is 26.3. The monoisotopic (exact) mass is 514 g/mol. The molecule has 0 saturated carbocycles. The smallest absolute Gasteiger partial charge is 0.105 e. The Hall–Kier alpha value is -0.950. The minimum absolute atomic E-state index is 0.190. The van der Waals surface area contributed by atoms with E-state index < -0.39 is 0 Å². The zero-order chi connectivity index (χ0) is 27.5. The molecule has 3 atom stereocenters. The molecule has 1 aliphatic carbocycles. The SMILES string of the molecule is C=C/C(=C\CC(CC(C)(C)[CH+]CCC1=CCCCC1)OC(CCC)CCCCC(CCC)C(C)C)CC. The largest absolute Gasteiger partial charge is 0.374 e. The van der Waals surface area contributed by atoms with Crippen LogP contribution in [0.5, 0.6) is 0 Å². The van der Waals surface area contributed by atoms with Gasteiger partial charge in [-0.15, -0.1) is 0 Å². The van der Waals surface area contributed by atoms with Crippen LogP contribution >= 0.6 is 0 Å². The summed E-state index contributed by atoms with van der Waals surface area (Å²) in [6.45, 7) is 20.5. The first-order chi connectivity index (χ1) is 17.7. The maximum absolute atomic E-state index is 6.95. The molecule has 214 valence electrons. The first kappa shape index (κ1) is 34.1. The van der Waals surface area contributed by atoms with Crippen molar-refractivity contribution in [2.24, 2.45) is 17.3 Å². The van der Waals surface area contributed by atoms with Gasteiger partial charge >= 0.3 is 0 Å². The molecule has 3 unspecified atom stereocenters. The molecule has 0 saturated heterocycles. The molecule has 0 radical (unpaired) electrons. The van der Waals surface area contributed by atoms with Crippen molar-refractivity contribution in [3.63, 3.8) is 0 Å². The van der Waals surface area contributed by atoms with Crippen LogP contribution in [0.15, 0.2) is 36.0 Å². The van der Waals surface area contributed by atoms with E-state index >= 15 is 0 Å². The van der Waals surface area contributed by atoms with Crippen LogP contribution in [-0.4, -0.2) is 12.2 Å². The molecule has 0 heterocycles. The molecule has 1 aliphatic rings. The van der Waals surface area contributed by atoms with E-state index in [4.69, 9.17) is 4.74 Å². The van der Waals surface area contributed by atoms with Crippen molar-refractivity contribution in [3.8, 4) is 0 Å². The minimum atomic E-state index is 0.190. The van der Waals surface area contributed by atoms with Crippen molar-refractivity contribution in [1.29, 1.82) is 0 Å². The van der Waals surface area contributed by atoms with E-state index in [9.17, 15) is 0 Å². The molecular formula is C36H65O+. The van der Waals surface area contributed by atoms with Crippen LogP contribution in [0.3, 0.4) is 0 Å². The third-order valence-corrected chi connectivity index (χ3v) is 8.56. The first-order valence-corrected chi connectivity index (χ1v) is 16.2. The first-order valence-electron chi connectivity index (χ1n) is 16.2. The van der Waals surface area contributed by atoms with Gasteiger partial charge in [0.15, 0.2) is 0 Å². The normalized spacial score (nSPS) is 17.4. The highest BCUT2D eigenvalue weighted by molar-refractivity contribution is 5.15. The van der Waals surface area contributed by atoms with E-state index in [0.717, 1.165) is 31.1 Å². The predicted octanol–water partition coefficient (Wildman–Crippen LogP) is 12.0. The molecule has 1 nitrogen and oxygen atoms in total. The maximum Gasteiger partial charge on any atom is 0.105 e. The average Bonchev–Trinajstić information content (AvgIpc) is 2.86. The lowest BCUT2D eigenvalue weighted by Gasteiger charge is -2.29. The highest BCUT2D eigenvalue weighted by Gasteiger charge is 2.32.